The second-order valence-corrected chi connectivity index (χ2v) is 5.07. The van der Waals surface area contributed by atoms with Crippen molar-refractivity contribution in [1.82, 2.24) is 0 Å². The second-order valence-electron chi connectivity index (χ2n) is 5.07. The molecule has 0 aliphatic carbocycles. The fourth-order valence-electron chi connectivity index (χ4n) is 2.16. The van der Waals surface area contributed by atoms with Gasteiger partial charge in [-0.2, -0.15) is 0 Å². The van der Waals surface area contributed by atoms with Crippen molar-refractivity contribution in [3.8, 4) is 5.75 Å². The van der Waals surface area contributed by atoms with E-state index >= 15 is 0 Å². The molecule has 0 fully saturated rings. The normalized spacial score (nSPS) is 10.6. The maximum atomic E-state index is 11.8. The van der Waals surface area contributed by atoms with E-state index < -0.39 is 0 Å². The number of rotatable bonds is 6. The van der Waals surface area contributed by atoms with Crippen LogP contribution >= 0.6 is 0 Å². The van der Waals surface area contributed by atoms with Gasteiger partial charge in [0.25, 0.3) is 5.91 Å². The lowest BCUT2D eigenvalue weighted by atomic mass is 10.1. The molecule has 5 heteroatoms. The van der Waals surface area contributed by atoms with Gasteiger partial charge in [0.05, 0.1) is 5.69 Å². The number of amides is 1. The Morgan fingerprint density at radius 3 is 2.61 bits per heavy atom. The summed E-state index contributed by atoms with van der Waals surface area (Å²) >= 11 is 0. The molecule has 5 nitrogen and oxygen atoms in total. The fraction of sp³-hybridized carbons (Fsp3) is 0.222. The molecule has 0 heterocycles. The molecule has 2 aromatic rings. The topological polar surface area (TPSA) is 59.9 Å². The number of oxime groups is 1. The largest absolute Gasteiger partial charge is 0.489 e. The van der Waals surface area contributed by atoms with Crippen LogP contribution in [0, 0.1) is 13.8 Å². The Labute approximate surface area is 135 Å². The highest BCUT2D eigenvalue weighted by Crippen LogP contribution is 2.24. The van der Waals surface area contributed by atoms with E-state index in [-0.39, 0.29) is 5.91 Å². The number of benzene rings is 2. The van der Waals surface area contributed by atoms with Crippen molar-refractivity contribution in [2.24, 2.45) is 5.16 Å². The van der Waals surface area contributed by atoms with E-state index in [1.165, 1.54) is 7.11 Å². The van der Waals surface area contributed by atoms with E-state index in [1.807, 2.05) is 56.3 Å². The standard InChI is InChI=1S/C18H20N2O3/c1-13-7-4-5-10-16(13)23-12-15-9-6-8-14(2)18(15)20-17(21)11-19-22-3/h4-11H,12H2,1-3H3,(H,20,21)/b19-11+. The highest BCUT2D eigenvalue weighted by Gasteiger charge is 2.09. The molecule has 1 amide bonds. The van der Waals surface area contributed by atoms with E-state index in [0.717, 1.165) is 34.3 Å². The first-order valence-electron chi connectivity index (χ1n) is 7.26. The zero-order valence-corrected chi connectivity index (χ0v) is 13.5. The smallest absolute Gasteiger partial charge is 0.270 e. The monoisotopic (exact) mass is 312 g/mol. The Balaban J connectivity index is 2.16. The summed E-state index contributed by atoms with van der Waals surface area (Å²) < 4.78 is 5.87. The highest BCUT2D eigenvalue weighted by atomic mass is 16.6. The van der Waals surface area contributed by atoms with Crippen LogP contribution in [0.2, 0.25) is 0 Å². The third kappa shape index (κ3) is 4.57. The van der Waals surface area contributed by atoms with Gasteiger partial charge in [0.15, 0.2) is 0 Å². The number of anilines is 1. The first-order valence-corrected chi connectivity index (χ1v) is 7.26. The Kier molecular flexibility index (Phi) is 5.74. The van der Waals surface area contributed by atoms with E-state index in [1.54, 1.807) is 0 Å². The van der Waals surface area contributed by atoms with Gasteiger partial charge in [-0.25, -0.2) is 0 Å². The van der Waals surface area contributed by atoms with Crippen LogP contribution in [-0.4, -0.2) is 19.2 Å². The van der Waals surface area contributed by atoms with Crippen LogP contribution < -0.4 is 10.1 Å². The van der Waals surface area contributed by atoms with Gasteiger partial charge in [0.2, 0.25) is 0 Å². The molecule has 23 heavy (non-hydrogen) atoms. The van der Waals surface area contributed by atoms with E-state index in [0.29, 0.717) is 6.61 Å². The summed E-state index contributed by atoms with van der Waals surface area (Å²) in [6.45, 7) is 4.29. The van der Waals surface area contributed by atoms with Crippen molar-refractivity contribution in [2.75, 3.05) is 12.4 Å². The Hall–Kier alpha value is -2.82. The minimum atomic E-state index is -0.349. The maximum absolute atomic E-state index is 11.8. The van der Waals surface area contributed by atoms with Crippen molar-refractivity contribution in [3.63, 3.8) is 0 Å². The average Bonchev–Trinajstić information content (AvgIpc) is 2.55. The molecule has 0 aliphatic heterocycles. The lowest BCUT2D eigenvalue weighted by Crippen LogP contribution is -2.16. The van der Waals surface area contributed by atoms with Crippen LogP contribution in [0.25, 0.3) is 0 Å². The lowest BCUT2D eigenvalue weighted by Gasteiger charge is -2.14. The molecule has 2 aromatic carbocycles. The van der Waals surface area contributed by atoms with Gasteiger partial charge in [-0.15, -0.1) is 0 Å². The Morgan fingerprint density at radius 2 is 1.87 bits per heavy atom. The molecule has 0 radical (unpaired) electrons. The molecular weight excluding hydrogens is 292 g/mol. The fourth-order valence-corrected chi connectivity index (χ4v) is 2.16. The summed E-state index contributed by atoms with van der Waals surface area (Å²) in [5, 5.41) is 6.28. The summed E-state index contributed by atoms with van der Waals surface area (Å²) in [6.07, 6.45) is 1.10. The predicted octanol–water partition coefficient (Wildman–Crippen LogP) is 3.45. The van der Waals surface area contributed by atoms with Gasteiger partial charge in [0, 0.05) is 5.56 Å². The minimum absolute atomic E-state index is 0.349. The quantitative estimate of drug-likeness (QED) is 0.656. The zero-order valence-electron chi connectivity index (χ0n) is 13.5. The van der Waals surface area contributed by atoms with Crippen LogP contribution in [0.5, 0.6) is 5.75 Å². The SMILES string of the molecule is CO/N=C/C(=O)Nc1c(C)cccc1COc1ccccc1C. The number of hydrogen-bond acceptors (Lipinski definition) is 4. The molecule has 0 atom stereocenters. The molecule has 0 aromatic heterocycles. The molecule has 0 aliphatic rings. The molecule has 0 saturated carbocycles. The van der Waals surface area contributed by atoms with E-state index in [2.05, 4.69) is 15.3 Å². The van der Waals surface area contributed by atoms with Gasteiger partial charge in [-0.05, 0) is 31.0 Å². The first-order chi connectivity index (χ1) is 11.1. The van der Waals surface area contributed by atoms with Crippen LogP contribution in [0.1, 0.15) is 16.7 Å². The Bertz CT molecular complexity index is 711. The zero-order chi connectivity index (χ0) is 16.7. The number of nitrogens with one attached hydrogen (secondary N) is 1. The van der Waals surface area contributed by atoms with Crippen molar-refractivity contribution < 1.29 is 14.4 Å². The lowest BCUT2D eigenvalue weighted by molar-refractivity contribution is -0.110. The first kappa shape index (κ1) is 16.5. The molecule has 0 unspecified atom stereocenters. The third-order valence-electron chi connectivity index (χ3n) is 3.36. The summed E-state index contributed by atoms with van der Waals surface area (Å²) in [5.74, 6) is 0.477. The molecule has 0 saturated heterocycles. The van der Waals surface area contributed by atoms with Crippen LogP contribution in [0.15, 0.2) is 47.6 Å². The molecule has 0 bridgehead atoms. The summed E-state index contributed by atoms with van der Waals surface area (Å²) in [4.78, 5) is 16.3. The van der Waals surface area contributed by atoms with Gasteiger partial charge >= 0.3 is 0 Å². The van der Waals surface area contributed by atoms with Crippen molar-refractivity contribution in [3.05, 3.63) is 59.2 Å². The third-order valence-corrected chi connectivity index (χ3v) is 3.36. The van der Waals surface area contributed by atoms with Gasteiger partial charge < -0.3 is 14.9 Å². The maximum Gasteiger partial charge on any atom is 0.270 e. The van der Waals surface area contributed by atoms with Crippen molar-refractivity contribution in [2.45, 2.75) is 20.5 Å². The van der Waals surface area contributed by atoms with Crippen LogP contribution in [0.3, 0.4) is 0 Å². The van der Waals surface area contributed by atoms with E-state index in [4.69, 9.17) is 4.74 Å². The van der Waals surface area contributed by atoms with Gasteiger partial charge in [-0.3, -0.25) is 4.79 Å². The molecule has 1 N–H and O–H groups in total. The minimum Gasteiger partial charge on any atom is -0.489 e. The summed E-state index contributed by atoms with van der Waals surface area (Å²) in [6, 6.07) is 13.6. The van der Waals surface area contributed by atoms with Crippen molar-refractivity contribution in [1.29, 1.82) is 0 Å². The predicted molar refractivity (Wildman–Crippen MR) is 90.8 cm³/mol. The number of para-hydroxylation sites is 2. The van der Waals surface area contributed by atoms with Crippen LogP contribution in [0.4, 0.5) is 5.69 Å². The molecule has 2 rings (SSSR count). The summed E-state index contributed by atoms with van der Waals surface area (Å²) in [5.41, 5.74) is 3.65. The average molecular weight is 312 g/mol. The Morgan fingerprint density at radius 1 is 1.13 bits per heavy atom. The highest BCUT2D eigenvalue weighted by molar-refractivity contribution is 6.31. The number of ether oxygens (including phenoxy) is 1. The molecule has 120 valence electrons. The van der Waals surface area contributed by atoms with Gasteiger partial charge in [0.1, 0.15) is 25.7 Å². The molecular formula is C18H20N2O3. The van der Waals surface area contributed by atoms with Gasteiger partial charge in [-0.1, -0.05) is 41.6 Å². The van der Waals surface area contributed by atoms with Crippen LogP contribution in [-0.2, 0) is 16.2 Å². The number of carbonyl (C=O) groups is 1. The number of nitrogens with zero attached hydrogens (tertiary/aromatic N) is 1. The number of hydrogen-bond donors (Lipinski definition) is 1. The number of carbonyl (C=O) groups excluding carboxylic acids is 1. The molecule has 0 spiro atoms. The number of aryl methyl sites for hydroxylation is 2. The van der Waals surface area contributed by atoms with Crippen molar-refractivity contribution >= 4 is 17.8 Å². The second kappa shape index (κ2) is 7.98. The summed E-state index contributed by atoms with van der Waals surface area (Å²) in [7, 11) is 1.39. The van der Waals surface area contributed by atoms with E-state index in [9.17, 15) is 4.79 Å².